The van der Waals surface area contributed by atoms with Gasteiger partial charge in [0.15, 0.2) is 0 Å². The van der Waals surface area contributed by atoms with Crippen molar-refractivity contribution in [3.63, 3.8) is 0 Å². The second-order valence-corrected chi connectivity index (χ2v) is 6.83. The first-order valence-corrected chi connectivity index (χ1v) is 9.66. The predicted octanol–water partition coefficient (Wildman–Crippen LogP) is 1.60. The van der Waals surface area contributed by atoms with Gasteiger partial charge in [0, 0.05) is 31.4 Å². The molecule has 1 fully saturated rings. The summed E-state index contributed by atoms with van der Waals surface area (Å²) in [7, 11) is 1.44. The van der Waals surface area contributed by atoms with Crippen LogP contribution in [0.1, 0.15) is 16.8 Å². The van der Waals surface area contributed by atoms with Crippen LogP contribution in [0.5, 0.6) is 5.75 Å². The van der Waals surface area contributed by atoms with E-state index in [1.165, 1.54) is 42.3 Å². The van der Waals surface area contributed by atoms with Crippen LogP contribution < -0.4 is 20.6 Å². The van der Waals surface area contributed by atoms with Gasteiger partial charge in [-0.25, -0.2) is 9.86 Å². The Kier molecular flexibility index (Phi) is 6.30. The number of nitrogens with one attached hydrogen (secondary N) is 2. The maximum atomic E-state index is 12.6. The van der Waals surface area contributed by atoms with Gasteiger partial charge in [-0.2, -0.15) is 4.21 Å². The summed E-state index contributed by atoms with van der Waals surface area (Å²) in [6, 6.07) is 9.69. The molecule has 1 heterocycles. The fourth-order valence-electron chi connectivity index (χ4n) is 2.78. The van der Waals surface area contributed by atoms with Crippen molar-refractivity contribution < 1.29 is 32.5 Å². The molecule has 4 amide bonds. The van der Waals surface area contributed by atoms with E-state index in [1.807, 2.05) is 0 Å². The molecule has 1 atom stereocenters. The number of phenolic OH excluding ortho intramolecular Hbond substituents is 1. The van der Waals surface area contributed by atoms with Crippen LogP contribution in [0.4, 0.5) is 21.9 Å². The molecule has 2 aromatic rings. The summed E-state index contributed by atoms with van der Waals surface area (Å²) in [4.78, 5) is 37.2. The number of nitrogens with zero attached hydrogens (tertiary/aromatic N) is 2. The number of aromatic hydroxyl groups is 1. The van der Waals surface area contributed by atoms with E-state index in [1.54, 1.807) is 12.1 Å². The van der Waals surface area contributed by atoms with E-state index in [0.29, 0.717) is 17.1 Å². The Labute approximate surface area is 173 Å². The van der Waals surface area contributed by atoms with Gasteiger partial charge in [0.05, 0.1) is 11.3 Å². The second kappa shape index (κ2) is 8.90. The molecule has 0 aromatic heterocycles. The van der Waals surface area contributed by atoms with Crippen LogP contribution in [-0.4, -0.2) is 45.3 Å². The molecule has 0 saturated carbocycles. The molecule has 12 heteroatoms. The third-order valence-corrected chi connectivity index (χ3v) is 4.61. The zero-order valence-electron chi connectivity index (χ0n) is 15.7. The van der Waals surface area contributed by atoms with Gasteiger partial charge in [-0.3, -0.25) is 24.4 Å². The number of hydrogen-bond acceptors (Lipinski definition) is 7. The zero-order valence-corrected chi connectivity index (χ0v) is 16.5. The lowest BCUT2D eigenvalue weighted by molar-refractivity contribution is -0.120. The van der Waals surface area contributed by atoms with Crippen molar-refractivity contribution in [2.24, 2.45) is 0 Å². The van der Waals surface area contributed by atoms with Gasteiger partial charge in [-0.05, 0) is 42.5 Å². The largest absolute Gasteiger partial charge is 0.507 e. The minimum atomic E-state index is -2.47. The lowest BCUT2D eigenvalue weighted by Crippen LogP contribution is -2.49. The Morgan fingerprint density at radius 1 is 1.23 bits per heavy atom. The van der Waals surface area contributed by atoms with Crippen molar-refractivity contribution in [1.82, 2.24) is 5.32 Å². The van der Waals surface area contributed by atoms with E-state index < -0.39 is 23.3 Å². The quantitative estimate of drug-likeness (QED) is 0.396. The highest BCUT2D eigenvalue weighted by atomic mass is 32.2. The molecule has 2 aromatic carbocycles. The van der Waals surface area contributed by atoms with Crippen molar-refractivity contribution in [3.8, 4) is 5.75 Å². The Bertz CT molecular complexity index is 1010. The standard InChI is InChI=1S/C18H18N4O7S/c1-21(29-30(27)28)12-4-2-11(3-5-12)19-17(25)14-10-13(6-7-15(14)23)22-9-8-16(24)20-18(22)26/h2-7,10,23H,8-9H2,1H3,(H,19,25)(H,27,28)(H,20,24,26). The number of imide groups is 1. The van der Waals surface area contributed by atoms with Gasteiger partial charge in [0.2, 0.25) is 5.91 Å². The van der Waals surface area contributed by atoms with Gasteiger partial charge in [-0.15, -0.1) is 4.28 Å². The summed E-state index contributed by atoms with van der Waals surface area (Å²) in [6.45, 7) is 0.159. The van der Waals surface area contributed by atoms with Crippen LogP contribution in [0.15, 0.2) is 42.5 Å². The Balaban J connectivity index is 1.74. The monoisotopic (exact) mass is 434 g/mol. The van der Waals surface area contributed by atoms with E-state index in [-0.39, 0.29) is 30.2 Å². The number of hydrogen-bond donors (Lipinski definition) is 4. The number of benzene rings is 2. The first kappa shape index (κ1) is 21.2. The summed E-state index contributed by atoms with van der Waals surface area (Å²) in [5.41, 5.74) is 1.16. The predicted molar refractivity (Wildman–Crippen MR) is 108 cm³/mol. The molecule has 0 radical (unpaired) electrons. The molecule has 1 aliphatic rings. The minimum absolute atomic E-state index is 0.0580. The number of carbonyl (C=O) groups excluding carboxylic acids is 3. The summed E-state index contributed by atoms with van der Waals surface area (Å²) in [5, 5.41) is 16.0. The van der Waals surface area contributed by atoms with Gasteiger partial charge in [0.1, 0.15) is 5.75 Å². The number of phenols is 1. The molecule has 4 N–H and O–H groups in total. The molecule has 30 heavy (non-hydrogen) atoms. The molecule has 11 nitrogen and oxygen atoms in total. The van der Waals surface area contributed by atoms with Crippen LogP contribution in [0.25, 0.3) is 0 Å². The van der Waals surface area contributed by atoms with Crippen LogP contribution in [0.2, 0.25) is 0 Å². The summed E-state index contributed by atoms with van der Waals surface area (Å²) < 4.78 is 24.0. The van der Waals surface area contributed by atoms with E-state index in [0.717, 1.165) is 5.06 Å². The first-order chi connectivity index (χ1) is 14.2. The molecular formula is C18H18N4O7S. The van der Waals surface area contributed by atoms with E-state index in [2.05, 4.69) is 14.9 Å². The lowest BCUT2D eigenvalue weighted by Gasteiger charge is -2.27. The van der Waals surface area contributed by atoms with Gasteiger partial charge < -0.3 is 10.4 Å². The molecule has 0 aliphatic carbocycles. The first-order valence-electron chi connectivity index (χ1n) is 8.63. The van der Waals surface area contributed by atoms with Crippen molar-refractivity contribution in [2.75, 3.05) is 28.9 Å². The summed E-state index contributed by atoms with van der Waals surface area (Å²) in [5.74, 6) is -1.27. The molecule has 158 valence electrons. The number of hydroxylamine groups is 1. The van der Waals surface area contributed by atoms with Crippen molar-refractivity contribution >= 4 is 46.3 Å². The van der Waals surface area contributed by atoms with Crippen LogP contribution in [0.3, 0.4) is 0 Å². The van der Waals surface area contributed by atoms with Gasteiger partial charge >= 0.3 is 17.4 Å². The molecule has 0 bridgehead atoms. The van der Waals surface area contributed by atoms with Crippen LogP contribution in [-0.2, 0) is 20.4 Å². The Morgan fingerprint density at radius 3 is 2.57 bits per heavy atom. The highest BCUT2D eigenvalue weighted by Gasteiger charge is 2.25. The smallest absolute Gasteiger partial charge is 0.328 e. The normalized spacial score (nSPS) is 14.8. The SMILES string of the molecule is CN(OS(=O)O)c1ccc(NC(=O)c2cc(N3CCC(=O)NC3=O)ccc2O)cc1. The third kappa shape index (κ3) is 4.92. The van der Waals surface area contributed by atoms with E-state index in [9.17, 15) is 23.7 Å². The molecule has 3 rings (SSSR count). The van der Waals surface area contributed by atoms with E-state index >= 15 is 0 Å². The average molecular weight is 434 g/mol. The number of anilines is 3. The molecule has 1 unspecified atom stereocenters. The molecule has 0 spiro atoms. The number of urea groups is 1. The Morgan fingerprint density at radius 2 is 1.93 bits per heavy atom. The van der Waals surface area contributed by atoms with Crippen LogP contribution >= 0.6 is 0 Å². The van der Waals surface area contributed by atoms with Crippen LogP contribution in [0, 0.1) is 0 Å². The molecule has 1 saturated heterocycles. The maximum Gasteiger partial charge on any atom is 0.328 e. The van der Waals surface area contributed by atoms with Gasteiger partial charge in [-0.1, -0.05) is 0 Å². The zero-order chi connectivity index (χ0) is 21.8. The highest BCUT2D eigenvalue weighted by molar-refractivity contribution is 7.74. The average Bonchev–Trinajstić information content (AvgIpc) is 2.68. The van der Waals surface area contributed by atoms with Crippen molar-refractivity contribution in [1.29, 1.82) is 0 Å². The lowest BCUT2D eigenvalue weighted by atomic mass is 10.1. The third-order valence-electron chi connectivity index (χ3n) is 4.25. The fourth-order valence-corrected chi connectivity index (χ4v) is 3.05. The molecular weight excluding hydrogens is 416 g/mol. The van der Waals surface area contributed by atoms with E-state index in [4.69, 9.17) is 4.55 Å². The maximum absolute atomic E-state index is 12.6. The molecule has 1 aliphatic heterocycles. The summed E-state index contributed by atoms with van der Waals surface area (Å²) in [6.07, 6.45) is 0.128. The number of carbonyl (C=O) groups is 3. The number of amides is 4. The van der Waals surface area contributed by atoms with Crippen molar-refractivity contribution in [2.45, 2.75) is 6.42 Å². The van der Waals surface area contributed by atoms with Gasteiger partial charge in [0.25, 0.3) is 5.91 Å². The summed E-state index contributed by atoms with van der Waals surface area (Å²) >= 11 is -2.47. The van der Waals surface area contributed by atoms with Crippen molar-refractivity contribution in [3.05, 3.63) is 48.0 Å². The topological polar surface area (TPSA) is 149 Å². The minimum Gasteiger partial charge on any atom is -0.507 e. The Hall–Kier alpha value is -3.48. The fraction of sp³-hybridized carbons (Fsp3) is 0.167. The second-order valence-electron chi connectivity index (χ2n) is 6.25. The number of rotatable bonds is 6. The highest BCUT2D eigenvalue weighted by Crippen LogP contribution is 2.27.